The molecule has 0 aromatic heterocycles. The SMILES string of the molecule is CC(N)CCCC(C)C(=O)Nc1ccc(C(F)(F)F)cc1. The maximum Gasteiger partial charge on any atom is 0.416 e. The topological polar surface area (TPSA) is 55.1 Å². The van der Waals surface area contributed by atoms with Gasteiger partial charge in [0.15, 0.2) is 0 Å². The molecule has 21 heavy (non-hydrogen) atoms. The van der Waals surface area contributed by atoms with Crippen molar-refractivity contribution in [3.8, 4) is 0 Å². The van der Waals surface area contributed by atoms with E-state index in [1.165, 1.54) is 12.1 Å². The Kier molecular flexibility index (Phi) is 6.20. The van der Waals surface area contributed by atoms with E-state index in [0.717, 1.165) is 25.0 Å². The van der Waals surface area contributed by atoms with E-state index in [1.54, 1.807) is 6.92 Å². The summed E-state index contributed by atoms with van der Waals surface area (Å²) < 4.78 is 37.3. The number of anilines is 1. The lowest BCUT2D eigenvalue weighted by molar-refractivity contribution is -0.137. The molecule has 0 fully saturated rings. The Bertz CT molecular complexity index is 455. The average molecular weight is 302 g/mol. The molecule has 6 heteroatoms. The molecule has 0 radical (unpaired) electrons. The number of nitrogens with one attached hydrogen (secondary N) is 1. The van der Waals surface area contributed by atoms with Gasteiger partial charge in [-0.2, -0.15) is 13.2 Å². The predicted molar refractivity (Wildman–Crippen MR) is 76.7 cm³/mol. The van der Waals surface area contributed by atoms with Crippen molar-refractivity contribution in [2.45, 2.75) is 45.3 Å². The van der Waals surface area contributed by atoms with Crippen molar-refractivity contribution >= 4 is 11.6 Å². The van der Waals surface area contributed by atoms with Gasteiger partial charge in [-0.05, 0) is 44.0 Å². The molecule has 3 nitrogen and oxygen atoms in total. The third-order valence-electron chi connectivity index (χ3n) is 3.22. The van der Waals surface area contributed by atoms with E-state index in [0.29, 0.717) is 12.1 Å². The normalized spacial score (nSPS) is 14.6. The summed E-state index contributed by atoms with van der Waals surface area (Å²) in [5, 5.41) is 2.62. The van der Waals surface area contributed by atoms with Crippen molar-refractivity contribution in [2.24, 2.45) is 11.7 Å². The molecule has 1 amide bonds. The fraction of sp³-hybridized carbons (Fsp3) is 0.533. The van der Waals surface area contributed by atoms with Gasteiger partial charge in [0.1, 0.15) is 0 Å². The van der Waals surface area contributed by atoms with Crippen LogP contribution in [0.4, 0.5) is 18.9 Å². The highest BCUT2D eigenvalue weighted by Gasteiger charge is 2.30. The average Bonchev–Trinajstić information content (AvgIpc) is 2.37. The van der Waals surface area contributed by atoms with E-state index in [-0.39, 0.29) is 17.9 Å². The highest BCUT2D eigenvalue weighted by Crippen LogP contribution is 2.29. The first-order chi connectivity index (χ1) is 9.70. The van der Waals surface area contributed by atoms with Gasteiger partial charge in [0.2, 0.25) is 5.91 Å². The molecule has 0 heterocycles. The summed E-state index contributed by atoms with van der Waals surface area (Å²) in [5.74, 6) is -0.398. The molecule has 0 saturated heterocycles. The quantitative estimate of drug-likeness (QED) is 0.840. The van der Waals surface area contributed by atoms with Crippen LogP contribution in [0.25, 0.3) is 0 Å². The third kappa shape index (κ3) is 6.16. The molecule has 118 valence electrons. The Hall–Kier alpha value is -1.56. The molecule has 1 rings (SSSR count). The van der Waals surface area contributed by atoms with Crippen LogP contribution in [0.15, 0.2) is 24.3 Å². The number of amides is 1. The second-order valence-corrected chi connectivity index (χ2v) is 5.37. The molecular formula is C15H21F3N2O. The zero-order valence-corrected chi connectivity index (χ0v) is 12.2. The highest BCUT2D eigenvalue weighted by atomic mass is 19.4. The summed E-state index contributed by atoms with van der Waals surface area (Å²) in [4.78, 5) is 11.9. The van der Waals surface area contributed by atoms with E-state index < -0.39 is 11.7 Å². The summed E-state index contributed by atoms with van der Waals surface area (Å²) in [6.07, 6.45) is -1.97. The van der Waals surface area contributed by atoms with Crippen LogP contribution in [-0.4, -0.2) is 11.9 Å². The number of carbonyl (C=O) groups is 1. The Morgan fingerprint density at radius 1 is 1.19 bits per heavy atom. The van der Waals surface area contributed by atoms with Crippen LogP contribution >= 0.6 is 0 Å². The van der Waals surface area contributed by atoms with Gasteiger partial charge in [-0.15, -0.1) is 0 Å². The summed E-state index contributed by atoms with van der Waals surface area (Å²) in [5.41, 5.74) is 5.27. The predicted octanol–water partition coefficient (Wildman–Crippen LogP) is 3.80. The van der Waals surface area contributed by atoms with Crippen molar-refractivity contribution in [1.29, 1.82) is 0 Å². The van der Waals surface area contributed by atoms with Gasteiger partial charge in [0.05, 0.1) is 5.56 Å². The molecule has 0 saturated carbocycles. The van der Waals surface area contributed by atoms with E-state index in [2.05, 4.69) is 5.32 Å². The van der Waals surface area contributed by atoms with Gasteiger partial charge in [0, 0.05) is 17.6 Å². The van der Waals surface area contributed by atoms with Crippen molar-refractivity contribution < 1.29 is 18.0 Å². The van der Waals surface area contributed by atoms with Gasteiger partial charge in [0.25, 0.3) is 0 Å². The number of rotatable bonds is 6. The molecule has 2 atom stereocenters. The first-order valence-corrected chi connectivity index (χ1v) is 6.94. The molecule has 1 aromatic rings. The Morgan fingerprint density at radius 2 is 1.76 bits per heavy atom. The van der Waals surface area contributed by atoms with Crippen LogP contribution in [0, 0.1) is 5.92 Å². The molecule has 0 spiro atoms. The molecule has 3 N–H and O–H groups in total. The minimum Gasteiger partial charge on any atom is -0.328 e. The zero-order chi connectivity index (χ0) is 16.0. The molecular weight excluding hydrogens is 281 g/mol. The fourth-order valence-electron chi connectivity index (χ4n) is 1.89. The highest BCUT2D eigenvalue weighted by molar-refractivity contribution is 5.92. The van der Waals surface area contributed by atoms with Crippen LogP contribution in [0.5, 0.6) is 0 Å². The Morgan fingerprint density at radius 3 is 2.24 bits per heavy atom. The third-order valence-corrected chi connectivity index (χ3v) is 3.22. The van der Waals surface area contributed by atoms with E-state index in [4.69, 9.17) is 5.73 Å². The Labute approximate surface area is 122 Å². The summed E-state index contributed by atoms with van der Waals surface area (Å²) in [7, 11) is 0. The number of carbonyl (C=O) groups excluding carboxylic acids is 1. The van der Waals surface area contributed by atoms with E-state index in [9.17, 15) is 18.0 Å². The largest absolute Gasteiger partial charge is 0.416 e. The van der Waals surface area contributed by atoms with Crippen LogP contribution in [0.2, 0.25) is 0 Å². The Balaban J connectivity index is 2.51. The van der Waals surface area contributed by atoms with Crippen LogP contribution in [0.3, 0.4) is 0 Å². The molecule has 0 aliphatic carbocycles. The van der Waals surface area contributed by atoms with Crippen molar-refractivity contribution in [3.63, 3.8) is 0 Å². The molecule has 0 aliphatic rings. The zero-order valence-electron chi connectivity index (χ0n) is 12.2. The summed E-state index contributed by atoms with van der Waals surface area (Å²) in [6.45, 7) is 3.70. The lowest BCUT2D eigenvalue weighted by Gasteiger charge is -2.13. The molecule has 0 bridgehead atoms. The van der Waals surface area contributed by atoms with Gasteiger partial charge >= 0.3 is 6.18 Å². The maximum atomic E-state index is 12.4. The lowest BCUT2D eigenvalue weighted by atomic mass is 10.0. The summed E-state index contributed by atoms with van der Waals surface area (Å²) in [6, 6.07) is 4.53. The maximum absolute atomic E-state index is 12.4. The number of hydrogen-bond acceptors (Lipinski definition) is 2. The van der Waals surface area contributed by atoms with Crippen LogP contribution in [0.1, 0.15) is 38.7 Å². The minimum absolute atomic E-state index is 0.107. The molecule has 0 aliphatic heterocycles. The first kappa shape index (κ1) is 17.5. The smallest absolute Gasteiger partial charge is 0.328 e. The second kappa shape index (κ2) is 7.45. The van der Waals surface area contributed by atoms with Gasteiger partial charge < -0.3 is 11.1 Å². The standard InChI is InChI=1S/C15H21F3N2O/c1-10(4-3-5-11(2)19)14(21)20-13-8-6-12(7-9-13)15(16,17)18/h6-11H,3-5,19H2,1-2H3,(H,20,21). The second-order valence-electron chi connectivity index (χ2n) is 5.37. The monoisotopic (exact) mass is 302 g/mol. The number of alkyl halides is 3. The number of halogens is 3. The van der Waals surface area contributed by atoms with Gasteiger partial charge in [-0.1, -0.05) is 13.3 Å². The molecule has 2 unspecified atom stereocenters. The van der Waals surface area contributed by atoms with Crippen LogP contribution < -0.4 is 11.1 Å². The van der Waals surface area contributed by atoms with E-state index >= 15 is 0 Å². The van der Waals surface area contributed by atoms with Gasteiger partial charge in [-0.3, -0.25) is 4.79 Å². The molecule has 1 aromatic carbocycles. The van der Waals surface area contributed by atoms with Crippen LogP contribution in [-0.2, 0) is 11.0 Å². The first-order valence-electron chi connectivity index (χ1n) is 6.94. The number of benzene rings is 1. The van der Waals surface area contributed by atoms with Crippen molar-refractivity contribution in [2.75, 3.05) is 5.32 Å². The fourth-order valence-corrected chi connectivity index (χ4v) is 1.89. The number of nitrogens with two attached hydrogens (primary N) is 1. The van der Waals surface area contributed by atoms with Gasteiger partial charge in [-0.25, -0.2) is 0 Å². The van der Waals surface area contributed by atoms with E-state index in [1.807, 2.05) is 6.92 Å². The van der Waals surface area contributed by atoms with Crippen molar-refractivity contribution in [1.82, 2.24) is 0 Å². The number of hydrogen-bond donors (Lipinski definition) is 2. The lowest BCUT2D eigenvalue weighted by Crippen LogP contribution is -2.21. The minimum atomic E-state index is -4.37. The van der Waals surface area contributed by atoms with Crippen molar-refractivity contribution in [3.05, 3.63) is 29.8 Å². The summed E-state index contributed by atoms with van der Waals surface area (Å²) >= 11 is 0.